The summed E-state index contributed by atoms with van der Waals surface area (Å²) in [6, 6.07) is 6.36. The largest absolute Gasteiger partial charge is 0.465 e. The van der Waals surface area contributed by atoms with Crippen LogP contribution in [0.4, 0.5) is 5.69 Å². The molecule has 0 radical (unpaired) electrons. The molecule has 2 atom stereocenters. The van der Waals surface area contributed by atoms with Crippen molar-refractivity contribution in [1.82, 2.24) is 4.90 Å². The molecule has 24 heavy (non-hydrogen) atoms. The van der Waals surface area contributed by atoms with Crippen molar-refractivity contribution in [2.45, 2.75) is 19.4 Å². The van der Waals surface area contributed by atoms with Crippen LogP contribution >= 0.6 is 0 Å². The Hall–Kier alpha value is -2.41. The van der Waals surface area contributed by atoms with E-state index in [0.717, 1.165) is 0 Å². The number of carbonyl (C=O) groups is 3. The molecule has 0 aliphatic carbocycles. The summed E-state index contributed by atoms with van der Waals surface area (Å²) in [7, 11) is 2.89. The van der Waals surface area contributed by atoms with Gasteiger partial charge in [-0.1, -0.05) is 0 Å². The maximum Gasteiger partial charge on any atom is 0.337 e. The van der Waals surface area contributed by atoms with Gasteiger partial charge in [-0.2, -0.15) is 0 Å². The Kier molecular flexibility index (Phi) is 5.92. The molecule has 2 rings (SSSR count). The molecule has 0 aromatic heterocycles. The number of nitrogens with one attached hydrogen (secondary N) is 1. The second kappa shape index (κ2) is 7.92. The standard InChI is InChI=1S/C17H22N2O5/c1-11(10-23-2)19-9-13(8-15(19)20)16(21)18-14-6-4-12(5-7-14)17(22)24-3/h4-7,11,13H,8-10H2,1-3H3,(H,18,21)/t11-,13-/m1/s1. The lowest BCUT2D eigenvalue weighted by Gasteiger charge is -2.23. The molecule has 1 aliphatic heterocycles. The maximum absolute atomic E-state index is 12.3. The van der Waals surface area contributed by atoms with Crippen molar-refractivity contribution < 1.29 is 23.9 Å². The van der Waals surface area contributed by atoms with Gasteiger partial charge >= 0.3 is 5.97 Å². The molecular formula is C17H22N2O5. The summed E-state index contributed by atoms with van der Waals surface area (Å²) in [4.78, 5) is 37.5. The Balaban J connectivity index is 1.95. The number of likely N-dealkylation sites (tertiary alicyclic amines) is 1. The van der Waals surface area contributed by atoms with E-state index in [1.165, 1.54) is 7.11 Å². The zero-order valence-corrected chi connectivity index (χ0v) is 14.1. The number of methoxy groups -OCH3 is 2. The topological polar surface area (TPSA) is 84.9 Å². The number of hydrogen-bond acceptors (Lipinski definition) is 5. The first-order valence-corrected chi connectivity index (χ1v) is 7.74. The minimum absolute atomic E-state index is 0.0410. The predicted molar refractivity (Wildman–Crippen MR) is 87.6 cm³/mol. The van der Waals surface area contributed by atoms with Crippen LogP contribution in [0.5, 0.6) is 0 Å². The highest BCUT2D eigenvalue weighted by atomic mass is 16.5. The summed E-state index contributed by atoms with van der Waals surface area (Å²) in [5.74, 6) is -1.07. The van der Waals surface area contributed by atoms with Gasteiger partial charge in [0.15, 0.2) is 0 Å². The monoisotopic (exact) mass is 334 g/mol. The van der Waals surface area contributed by atoms with Crippen LogP contribution in [0.3, 0.4) is 0 Å². The second-order valence-corrected chi connectivity index (χ2v) is 5.81. The fourth-order valence-corrected chi connectivity index (χ4v) is 2.72. The van der Waals surface area contributed by atoms with Crippen molar-refractivity contribution in [2.75, 3.05) is 32.7 Å². The number of ether oxygens (including phenoxy) is 2. The number of esters is 1. The van der Waals surface area contributed by atoms with Crippen LogP contribution in [0.15, 0.2) is 24.3 Å². The molecule has 1 fully saturated rings. The number of nitrogens with zero attached hydrogens (tertiary/aromatic N) is 1. The summed E-state index contributed by atoms with van der Waals surface area (Å²) < 4.78 is 9.69. The van der Waals surface area contributed by atoms with E-state index in [1.807, 2.05) is 6.92 Å². The summed E-state index contributed by atoms with van der Waals surface area (Å²) in [6.45, 7) is 2.72. The van der Waals surface area contributed by atoms with E-state index in [4.69, 9.17) is 4.74 Å². The van der Waals surface area contributed by atoms with Gasteiger partial charge in [-0.25, -0.2) is 4.79 Å². The molecule has 0 unspecified atom stereocenters. The first kappa shape index (κ1) is 17.9. The average molecular weight is 334 g/mol. The van der Waals surface area contributed by atoms with Gasteiger partial charge in [-0.05, 0) is 31.2 Å². The maximum atomic E-state index is 12.3. The van der Waals surface area contributed by atoms with Crippen LogP contribution in [0, 0.1) is 5.92 Å². The fraction of sp³-hybridized carbons (Fsp3) is 0.471. The van der Waals surface area contributed by atoms with Crippen molar-refractivity contribution in [2.24, 2.45) is 5.92 Å². The minimum Gasteiger partial charge on any atom is -0.465 e. The van der Waals surface area contributed by atoms with E-state index in [0.29, 0.717) is 24.4 Å². The van der Waals surface area contributed by atoms with Crippen molar-refractivity contribution in [3.8, 4) is 0 Å². The summed E-state index contributed by atoms with van der Waals surface area (Å²) in [5, 5.41) is 2.78. The van der Waals surface area contributed by atoms with Gasteiger partial charge < -0.3 is 19.7 Å². The number of benzene rings is 1. The Morgan fingerprint density at radius 1 is 1.29 bits per heavy atom. The van der Waals surface area contributed by atoms with Crippen LogP contribution < -0.4 is 5.32 Å². The van der Waals surface area contributed by atoms with Crippen molar-refractivity contribution >= 4 is 23.5 Å². The number of carbonyl (C=O) groups excluding carboxylic acids is 3. The SMILES string of the molecule is COC[C@@H](C)N1C[C@H](C(=O)Nc2ccc(C(=O)OC)cc2)CC1=O. The lowest BCUT2D eigenvalue weighted by Crippen LogP contribution is -2.38. The van der Waals surface area contributed by atoms with Gasteiger partial charge in [-0.15, -0.1) is 0 Å². The Labute approximate surface area is 140 Å². The summed E-state index contributed by atoms with van der Waals surface area (Å²) >= 11 is 0. The lowest BCUT2D eigenvalue weighted by atomic mass is 10.1. The third kappa shape index (κ3) is 4.11. The zero-order valence-electron chi connectivity index (χ0n) is 14.1. The molecule has 7 nitrogen and oxygen atoms in total. The highest BCUT2D eigenvalue weighted by molar-refractivity contribution is 5.97. The number of rotatable bonds is 6. The highest BCUT2D eigenvalue weighted by Crippen LogP contribution is 2.22. The number of hydrogen-bond donors (Lipinski definition) is 1. The van der Waals surface area contributed by atoms with E-state index < -0.39 is 11.9 Å². The normalized spacial score (nSPS) is 18.4. The molecule has 1 N–H and O–H groups in total. The molecule has 0 spiro atoms. The summed E-state index contributed by atoms with van der Waals surface area (Å²) in [5.41, 5.74) is 0.981. The third-order valence-corrected chi connectivity index (χ3v) is 4.04. The van der Waals surface area contributed by atoms with Gasteiger partial charge in [0.25, 0.3) is 0 Å². The van der Waals surface area contributed by atoms with Crippen molar-refractivity contribution in [3.63, 3.8) is 0 Å². The molecule has 1 aromatic rings. The molecular weight excluding hydrogens is 312 g/mol. The average Bonchev–Trinajstić information content (AvgIpc) is 2.97. The molecule has 1 heterocycles. The smallest absolute Gasteiger partial charge is 0.337 e. The lowest BCUT2D eigenvalue weighted by molar-refractivity contribution is -0.130. The highest BCUT2D eigenvalue weighted by Gasteiger charge is 2.36. The van der Waals surface area contributed by atoms with E-state index >= 15 is 0 Å². The van der Waals surface area contributed by atoms with Crippen LogP contribution in [0.2, 0.25) is 0 Å². The first-order valence-electron chi connectivity index (χ1n) is 7.74. The molecule has 7 heteroatoms. The molecule has 1 aliphatic rings. The van der Waals surface area contributed by atoms with Crippen LogP contribution in [0.25, 0.3) is 0 Å². The van der Waals surface area contributed by atoms with Gasteiger partial charge in [0.05, 0.1) is 31.2 Å². The fourth-order valence-electron chi connectivity index (χ4n) is 2.72. The van der Waals surface area contributed by atoms with Crippen LogP contribution in [0.1, 0.15) is 23.7 Å². The molecule has 130 valence electrons. The van der Waals surface area contributed by atoms with E-state index in [2.05, 4.69) is 10.1 Å². The number of anilines is 1. The Morgan fingerprint density at radius 3 is 2.54 bits per heavy atom. The van der Waals surface area contributed by atoms with Gasteiger partial charge in [-0.3, -0.25) is 9.59 Å². The van der Waals surface area contributed by atoms with Crippen molar-refractivity contribution in [1.29, 1.82) is 0 Å². The molecule has 1 aromatic carbocycles. The minimum atomic E-state index is -0.433. The molecule has 2 amide bonds. The molecule has 0 saturated carbocycles. The second-order valence-electron chi connectivity index (χ2n) is 5.81. The van der Waals surface area contributed by atoms with E-state index in [1.54, 1.807) is 36.3 Å². The van der Waals surface area contributed by atoms with Crippen molar-refractivity contribution in [3.05, 3.63) is 29.8 Å². The van der Waals surface area contributed by atoms with Crippen LogP contribution in [-0.2, 0) is 19.1 Å². The van der Waals surface area contributed by atoms with Crippen LogP contribution in [-0.4, -0.2) is 56.1 Å². The first-order chi connectivity index (χ1) is 11.5. The molecule has 0 bridgehead atoms. The van der Waals surface area contributed by atoms with Gasteiger partial charge in [0, 0.05) is 25.8 Å². The molecule has 1 saturated heterocycles. The predicted octanol–water partition coefficient (Wildman–Crippen LogP) is 1.30. The summed E-state index contributed by atoms with van der Waals surface area (Å²) in [6.07, 6.45) is 0.195. The Morgan fingerprint density at radius 2 is 1.96 bits per heavy atom. The quantitative estimate of drug-likeness (QED) is 0.793. The van der Waals surface area contributed by atoms with Gasteiger partial charge in [0.2, 0.25) is 11.8 Å². The third-order valence-electron chi connectivity index (χ3n) is 4.04. The van der Waals surface area contributed by atoms with E-state index in [9.17, 15) is 14.4 Å². The Bertz CT molecular complexity index is 614. The van der Waals surface area contributed by atoms with E-state index in [-0.39, 0.29) is 24.3 Å². The number of amides is 2. The van der Waals surface area contributed by atoms with Gasteiger partial charge in [0.1, 0.15) is 0 Å². The zero-order chi connectivity index (χ0) is 17.7.